The molecule has 0 saturated heterocycles. The lowest BCUT2D eigenvalue weighted by atomic mass is 10.2. The zero-order valence-electron chi connectivity index (χ0n) is 8.15. The summed E-state index contributed by atoms with van der Waals surface area (Å²) in [6.45, 7) is 1.64. The van der Waals surface area contributed by atoms with E-state index < -0.39 is 10.8 Å². The predicted octanol–water partition coefficient (Wildman–Crippen LogP) is 1.49. The molecule has 1 atom stereocenters. The Morgan fingerprint density at radius 3 is 2.36 bits per heavy atom. The van der Waals surface area contributed by atoms with E-state index in [1.165, 1.54) is 6.92 Å². The van der Waals surface area contributed by atoms with Gasteiger partial charge in [0.1, 0.15) is 6.61 Å². The van der Waals surface area contributed by atoms with Crippen LogP contribution in [0.5, 0.6) is 0 Å². The van der Waals surface area contributed by atoms with Gasteiger partial charge in [-0.2, -0.15) is 0 Å². The zero-order chi connectivity index (χ0) is 10.6. The van der Waals surface area contributed by atoms with Crippen LogP contribution >= 0.6 is 0 Å². The van der Waals surface area contributed by atoms with E-state index in [0.717, 1.165) is 10.5 Å². The minimum Gasteiger partial charge on any atom is -0.461 e. The van der Waals surface area contributed by atoms with Crippen LogP contribution in [0.4, 0.5) is 0 Å². The van der Waals surface area contributed by atoms with E-state index in [2.05, 4.69) is 0 Å². The Balaban J connectivity index is 2.64. The van der Waals surface area contributed by atoms with Crippen molar-refractivity contribution in [3.05, 3.63) is 29.8 Å². The summed E-state index contributed by atoms with van der Waals surface area (Å²) in [5.41, 5.74) is 0.898. The third kappa shape index (κ3) is 3.30. The first kappa shape index (κ1) is 10.9. The molecule has 14 heavy (non-hydrogen) atoms. The molecule has 0 heterocycles. The standard InChI is InChI=1S/C10H12O3S/c1-8(11)13-7-9-3-5-10(6-4-9)14(2)12/h3-6H,7H2,1-2H3. The Labute approximate surface area is 85.5 Å². The molecule has 0 saturated carbocycles. The lowest BCUT2D eigenvalue weighted by molar-refractivity contribution is -0.142. The first-order chi connectivity index (χ1) is 6.59. The van der Waals surface area contributed by atoms with Crippen molar-refractivity contribution in [3.63, 3.8) is 0 Å². The average molecular weight is 212 g/mol. The average Bonchev–Trinajstić information content (AvgIpc) is 2.15. The Morgan fingerprint density at radius 1 is 1.36 bits per heavy atom. The van der Waals surface area contributed by atoms with E-state index in [1.807, 2.05) is 0 Å². The number of carbonyl (C=O) groups excluding carboxylic acids is 1. The summed E-state index contributed by atoms with van der Waals surface area (Å²) in [4.78, 5) is 11.3. The van der Waals surface area contributed by atoms with E-state index in [0.29, 0.717) is 0 Å². The highest BCUT2D eigenvalue weighted by atomic mass is 32.2. The molecule has 1 unspecified atom stereocenters. The fraction of sp³-hybridized carbons (Fsp3) is 0.300. The van der Waals surface area contributed by atoms with Crippen molar-refractivity contribution in [2.45, 2.75) is 18.4 Å². The van der Waals surface area contributed by atoms with Crippen molar-refractivity contribution in [2.75, 3.05) is 6.26 Å². The van der Waals surface area contributed by atoms with Gasteiger partial charge in [0.2, 0.25) is 0 Å². The largest absolute Gasteiger partial charge is 0.461 e. The van der Waals surface area contributed by atoms with E-state index in [9.17, 15) is 9.00 Å². The molecule has 0 fully saturated rings. The first-order valence-corrected chi connectivity index (χ1v) is 5.71. The lowest BCUT2D eigenvalue weighted by Crippen LogP contribution is -1.98. The topological polar surface area (TPSA) is 43.4 Å². The second kappa shape index (κ2) is 4.91. The maximum Gasteiger partial charge on any atom is 0.302 e. The smallest absolute Gasteiger partial charge is 0.302 e. The van der Waals surface area contributed by atoms with Gasteiger partial charge in [-0.1, -0.05) is 12.1 Å². The van der Waals surface area contributed by atoms with Crippen molar-refractivity contribution in [3.8, 4) is 0 Å². The SMILES string of the molecule is CC(=O)OCc1ccc(S(C)=O)cc1. The first-order valence-electron chi connectivity index (χ1n) is 4.15. The molecule has 3 nitrogen and oxygen atoms in total. The van der Waals surface area contributed by atoms with Crippen molar-refractivity contribution in [1.82, 2.24) is 0 Å². The quantitative estimate of drug-likeness (QED) is 0.713. The van der Waals surface area contributed by atoms with Gasteiger partial charge in [0.05, 0.1) is 0 Å². The fourth-order valence-electron chi connectivity index (χ4n) is 0.962. The van der Waals surface area contributed by atoms with Crippen LogP contribution in [0, 0.1) is 0 Å². The van der Waals surface area contributed by atoms with Crippen LogP contribution in [0.2, 0.25) is 0 Å². The number of hydrogen-bond acceptors (Lipinski definition) is 3. The summed E-state index contributed by atoms with van der Waals surface area (Å²) in [6.07, 6.45) is 1.63. The van der Waals surface area contributed by atoms with Gasteiger partial charge in [0.15, 0.2) is 0 Å². The molecule has 0 aromatic heterocycles. The van der Waals surface area contributed by atoms with Crippen molar-refractivity contribution in [1.29, 1.82) is 0 Å². The molecule has 0 radical (unpaired) electrons. The van der Waals surface area contributed by atoms with Gasteiger partial charge >= 0.3 is 5.97 Å². The predicted molar refractivity (Wildman–Crippen MR) is 54.2 cm³/mol. The summed E-state index contributed by atoms with van der Waals surface area (Å²) < 4.78 is 15.9. The molecular weight excluding hydrogens is 200 g/mol. The van der Waals surface area contributed by atoms with Gasteiger partial charge in [0.25, 0.3) is 0 Å². The van der Waals surface area contributed by atoms with Gasteiger partial charge in [-0.05, 0) is 17.7 Å². The molecular formula is C10H12O3S. The summed E-state index contributed by atoms with van der Waals surface area (Å²) in [7, 11) is -0.958. The number of benzene rings is 1. The molecule has 0 aliphatic carbocycles. The third-order valence-corrected chi connectivity index (χ3v) is 2.63. The molecule has 4 heteroatoms. The van der Waals surface area contributed by atoms with Gasteiger partial charge in [-0.3, -0.25) is 9.00 Å². The van der Waals surface area contributed by atoms with Gasteiger partial charge in [-0.15, -0.1) is 0 Å². The molecule has 0 aliphatic rings. The highest BCUT2D eigenvalue weighted by Gasteiger charge is 1.99. The molecule has 0 spiro atoms. The van der Waals surface area contributed by atoms with Crippen LogP contribution in [-0.4, -0.2) is 16.4 Å². The van der Waals surface area contributed by atoms with Crippen LogP contribution in [0.3, 0.4) is 0 Å². The molecule has 0 amide bonds. The molecule has 0 aliphatic heterocycles. The second-order valence-corrected chi connectivity index (χ2v) is 4.26. The zero-order valence-corrected chi connectivity index (χ0v) is 8.97. The van der Waals surface area contributed by atoms with Crippen LogP contribution in [0.15, 0.2) is 29.2 Å². The second-order valence-electron chi connectivity index (χ2n) is 2.88. The van der Waals surface area contributed by atoms with Crippen molar-refractivity contribution >= 4 is 16.8 Å². The molecule has 1 aromatic rings. The molecule has 0 bridgehead atoms. The summed E-state index contributed by atoms with van der Waals surface area (Å²) >= 11 is 0. The van der Waals surface area contributed by atoms with Gasteiger partial charge in [-0.25, -0.2) is 0 Å². The molecule has 0 N–H and O–H groups in total. The Morgan fingerprint density at radius 2 is 1.93 bits per heavy atom. The lowest BCUT2D eigenvalue weighted by Gasteiger charge is -2.02. The van der Waals surface area contributed by atoms with E-state index in [4.69, 9.17) is 4.74 Å². The van der Waals surface area contributed by atoms with Crippen LogP contribution in [-0.2, 0) is 26.9 Å². The Bertz CT molecular complexity index is 343. The minimum absolute atomic E-state index is 0.270. The van der Waals surface area contributed by atoms with Crippen LogP contribution < -0.4 is 0 Å². The van der Waals surface area contributed by atoms with Crippen molar-refractivity contribution in [2.24, 2.45) is 0 Å². The van der Waals surface area contributed by atoms with Crippen LogP contribution in [0.1, 0.15) is 12.5 Å². The maximum atomic E-state index is 11.0. The Kier molecular flexibility index (Phi) is 3.83. The number of rotatable bonds is 3. The third-order valence-electron chi connectivity index (χ3n) is 1.70. The molecule has 1 rings (SSSR count). The van der Waals surface area contributed by atoms with Gasteiger partial charge in [0, 0.05) is 28.9 Å². The number of ether oxygens (including phenoxy) is 1. The Hall–Kier alpha value is -1.16. The van der Waals surface area contributed by atoms with Gasteiger partial charge < -0.3 is 4.74 Å². The fourth-order valence-corrected chi connectivity index (χ4v) is 1.48. The van der Waals surface area contributed by atoms with E-state index >= 15 is 0 Å². The minimum atomic E-state index is -0.958. The summed E-state index contributed by atoms with van der Waals surface area (Å²) in [5.74, 6) is -0.298. The monoisotopic (exact) mass is 212 g/mol. The highest BCUT2D eigenvalue weighted by molar-refractivity contribution is 7.84. The highest BCUT2D eigenvalue weighted by Crippen LogP contribution is 2.08. The normalized spacial score (nSPS) is 12.1. The van der Waals surface area contributed by atoms with Crippen molar-refractivity contribution < 1.29 is 13.7 Å². The van der Waals surface area contributed by atoms with E-state index in [-0.39, 0.29) is 12.6 Å². The van der Waals surface area contributed by atoms with E-state index in [1.54, 1.807) is 30.5 Å². The summed E-state index contributed by atoms with van der Waals surface area (Å²) in [6, 6.07) is 7.16. The summed E-state index contributed by atoms with van der Waals surface area (Å²) in [5, 5.41) is 0. The number of hydrogen-bond donors (Lipinski definition) is 0. The number of carbonyl (C=O) groups is 1. The molecule has 1 aromatic carbocycles. The van der Waals surface area contributed by atoms with Crippen LogP contribution in [0.25, 0.3) is 0 Å². The number of esters is 1. The maximum absolute atomic E-state index is 11.0. The molecule has 76 valence electrons.